The Kier molecular flexibility index (Phi) is 8.95. The summed E-state index contributed by atoms with van der Waals surface area (Å²) < 4.78 is 31.5. The summed E-state index contributed by atoms with van der Waals surface area (Å²) in [6.45, 7) is 3.91. The van der Waals surface area contributed by atoms with Gasteiger partial charge in [0.25, 0.3) is 0 Å². The van der Waals surface area contributed by atoms with Crippen LogP contribution >= 0.6 is 0 Å². The summed E-state index contributed by atoms with van der Waals surface area (Å²) >= 11 is 0. The van der Waals surface area contributed by atoms with E-state index in [4.69, 9.17) is 4.74 Å². The van der Waals surface area contributed by atoms with E-state index in [1.54, 1.807) is 13.8 Å². The lowest BCUT2D eigenvalue weighted by Gasteiger charge is -2.19. The van der Waals surface area contributed by atoms with E-state index in [2.05, 4.69) is 4.72 Å². The van der Waals surface area contributed by atoms with Gasteiger partial charge in [0.15, 0.2) is 0 Å². The highest BCUT2D eigenvalue weighted by Gasteiger charge is 2.18. The molecular weight excluding hydrogens is 330 g/mol. The van der Waals surface area contributed by atoms with Crippen molar-refractivity contribution < 1.29 is 23.1 Å². The molecule has 1 aromatic rings. The Hall–Kier alpha value is -1.44. The molecule has 2 atom stereocenters. The van der Waals surface area contributed by atoms with Gasteiger partial charge in [0, 0.05) is 13.0 Å². The lowest BCUT2D eigenvalue weighted by molar-refractivity contribution is -0.143. The van der Waals surface area contributed by atoms with Crippen LogP contribution in [0.3, 0.4) is 0 Å². The fourth-order valence-corrected chi connectivity index (χ4v) is 3.54. The van der Waals surface area contributed by atoms with E-state index in [-0.39, 0.29) is 37.0 Å². The molecule has 0 unspecified atom stereocenters. The van der Waals surface area contributed by atoms with Crippen LogP contribution in [-0.4, -0.2) is 44.5 Å². The van der Waals surface area contributed by atoms with Crippen molar-refractivity contribution in [1.29, 1.82) is 0 Å². The Morgan fingerprint density at radius 1 is 1.29 bits per heavy atom. The van der Waals surface area contributed by atoms with Crippen molar-refractivity contribution in [3.05, 3.63) is 35.9 Å². The average molecular weight is 357 g/mol. The topological polar surface area (TPSA) is 92.7 Å². The molecule has 0 radical (unpaired) electrons. The van der Waals surface area contributed by atoms with Crippen LogP contribution in [0.2, 0.25) is 0 Å². The molecule has 7 heteroatoms. The third-order valence-corrected chi connectivity index (χ3v) is 4.98. The van der Waals surface area contributed by atoms with Crippen LogP contribution in [0.25, 0.3) is 0 Å². The number of carbonyl (C=O) groups excluding carboxylic acids is 1. The zero-order valence-electron chi connectivity index (χ0n) is 14.3. The molecule has 24 heavy (non-hydrogen) atoms. The molecule has 0 bridgehead atoms. The highest BCUT2D eigenvalue weighted by Crippen LogP contribution is 2.20. The second kappa shape index (κ2) is 10.4. The van der Waals surface area contributed by atoms with E-state index in [1.807, 2.05) is 30.3 Å². The number of hydrogen-bond acceptors (Lipinski definition) is 5. The number of aliphatic hydroxyl groups is 1. The number of rotatable bonds is 11. The normalized spacial score (nSPS) is 14.1. The van der Waals surface area contributed by atoms with Gasteiger partial charge in [-0.1, -0.05) is 30.3 Å². The average Bonchev–Trinajstić information content (AvgIpc) is 2.52. The van der Waals surface area contributed by atoms with E-state index in [0.717, 1.165) is 5.56 Å². The predicted octanol–water partition coefficient (Wildman–Crippen LogP) is 1.80. The number of nitrogens with one attached hydrogen (secondary N) is 1. The summed E-state index contributed by atoms with van der Waals surface area (Å²) in [6, 6.07) is 9.50. The first-order chi connectivity index (χ1) is 11.3. The van der Waals surface area contributed by atoms with E-state index in [9.17, 15) is 18.3 Å². The number of aliphatic hydroxyl groups excluding tert-OH is 1. The summed E-state index contributed by atoms with van der Waals surface area (Å²) in [4.78, 5) is 11.2. The molecule has 1 aromatic carbocycles. The maximum absolute atomic E-state index is 12.1. The number of benzene rings is 1. The molecular formula is C17H27NO5S. The number of sulfonamides is 1. The first-order valence-corrected chi connectivity index (χ1v) is 9.85. The van der Waals surface area contributed by atoms with Crippen LogP contribution in [0.5, 0.6) is 0 Å². The largest absolute Gasteiger partial charge is 0.466 e. The molecule has 0 spiro atoms. The first-order valence-electron chi connectivity index (χ1n) is 8.20. The van der Waals surface area contributed by atoms with Crippen molar-refractivity contribution in [1.82, 2.24) is 4.72 Å². The summed E-state index contributed by atoms with van der Waals surface area (Å²) in [5.41, 5.74) is 0.979. The van der Waals surface area contributed by atoms with Crippen LogP contribution in [0.15, 0.2) is 30.3 Å². The maximum Gasteiger partial charge on any atom is 0.305 e. The molecule has 0 fully saturated rings. The fourth-order valence-electron chi connectivity index (χ4n) is 2.41. The highest BCUT2D eigenvalue weighted by molar-refractivity contribution is 7.89. The van der Waals surface area contributed by atoms with Crippen molar-refractivity contribution in [2.24, 2.45) is 0 Å². The molecule has 0 saturated heterocycles. The number of ether oxygens (including phenoxy) is 1. The quantitative estimate of drug-likeness (QED) is 0.589. The molecule has 0 heterocycles. The third kappa shape index (κ3) is 8.42. The van der Waals surface area contributed by atoms with Gasteiger partial charge < -0.3 is 9.84 Å². The lowest BCUT2D eigenvalue weighted by atomic mass is 9.94. The van der Waals surface area contributed by atoms with Gasteiger partial charge in [0.2, 0.25) is 10.0 Å². The van der Waals surface area contributed by atoms with Gasteiger partial charge >= 0.3 is 5.97 Å². The minimum atomic E-state index is -3.47. The molecule has 0 aliphatic rings. The lowest BCUT2D eigenvalue weighted by Crippen LogP contribution is -2.31. The van der Waals surface area contributed by atoms with Gasteiger partial charge in [0.05, 0.1) is 18.5 Å². The van der Waals surface area contributed by atoms with Gasteiger partial charge in [-0.05, 0) is 38.2 Å². The second-order valence-electron chi connectivity index (χ2n) is 5.77. The summed E-state index contributed by atoms with van der Waals surface area (Å²) in [5.74, 6) is -0.614. The fraction of sp³-hybridized carbons (Fsp3) is 0.588. The Balaban J connectivity index is 2.54. The van der Waals surface area contributed by atoms with Crippen LogP contribution in [0.1, 0.15) is 44.6 Å². The van der Waals surface area contributed by atoms with Crippen molar-refractivity contribution >= 4 is 16.0 Å². The van der Waals surface area contributed by atoms with E-state index < -0.39 is 16.1 Å². The van der Waals surface area contributed by atoms with Gasteiger partial charge in [-0.15, -0.1) is 0 Å². The maximum atomic E-state index is 12.1. The Morgan fingerprint density at radius 3 is 2.54 bits per heavy atom. The molecule has 6 nitrogen and oxygen atoms in total. The van der Waals surface area contributed by atoms with Crippen LogP contribution < -0.4 is 4.72 Å². The first kappa shape index (κ1) is 20.6. The SMILES string of the molecule is CCOC(=O)CCCS(=O)(=O)NC[C@H](C[C@@H](C)O)c1ccccc1. The van der Waals surface area contributed by atoms with Crippen molar-refractivity contribution in [2.45, 2.75) is 45.1 Å². The molecule has 2 N–H and O–H groups in total. The minimum Gasteiger partial charge on any atom is -0.466 e. The van der Waals surface area contributed by atoms with Gasteiger partial charge in [-0.3, -0.25) is 4.79 Å². The van der Waals surface area contributed by atoms with Gasteiger partial charge in [-0.2, -0.15) is 0 Å². The molecule has 1 rings (SSSR count). The standard InChI is InChI=1S/C17H27NO5S/c1-3-23-17(20)10-7-11-24(21,22)18-13-16(12-14(2)19)15-8-5-4-6-9-15/h4-6,8-9,14,16,18-19H,3,7,10-13H2,1-2H3/t14-,16+/m1/s1. The van der Waals surface area contributed by atoms with Crippen molar-refractivity contribution in [3.8, 4) is 0 Å². The minimum absolute atomic E-state index is 0.0878. The van der Waals surface area contributed by atoms with Crippen LogP contribution in [0, 0.1) is 0 Å². The summed E-state index contributed by atoms with van der Waals surface area (Å²) in [6.07, 6.45) is 0.254. The number of hydrogen-bond donors (Lipinski definition) is 2. The highest BCUT2D eigenvalue weighted by atomic mass is 32.2. The molecule has 0 amide bonds. The van der Waals surface area contributed by atoms with E-state index >= 15 is 0 Å². The summed E-state index contributed by atoms with van der Waals surface area (Å²) in [7, 11) is -3.47. The Bertz CT molecular complexity index is 586. The molecule has 0 aromatic heterocycles. The zero-order chi connectivity index (χ0) is 18.0. The van der Waals surface area contributed by atoms with E-state index in [0.29, 0.717) is 13.0 Å². The monoisotopic (exact) mass is 357 g/mol. The molecule has 0 aliphatic heterocycles. The van der Waals surface area contributed by atoms with Crippen molar-refractivity contribution in [3.63, 3.8) is 0 Å². The predicted molar refractivity (Wildman–Crippen MR) is 93.1 cm³/mol. The Morgan fingerprint density at radius 2 is 1.96 bits per heavy atom. The molecule has 0 aliphatic carbocycles. The summed E-state index contributed by atoms with van der Waals surface area (Å²) in [5, 5.41) is 9.64. The van der Waals surface area contributed by atoms with Gasteiger partial charge in [0.1, 0.15) is 0 Å². The zero-order valence-corrected chi connectivity index (χ0v) is 15.1. The third-order valence-electron chi connectivity index (χ3n) is 3.55. The Labute approximate surface area is 144 Å². The van der Waals surface area contributed by atoms with Crippen LogP contribution in [0.4, 0.5) is 0 Å². The molecule has 0 saturated carbocycles. The molecule has 136 valence electrons. The van der Waals surface area contributed by atoms with Gasteiger partial charge in [-0.25, -0.2) is 13.1 Å². The number of carbonyl (C=O) groups is 1. The smallest absolute Gasteiger partial charge is 0.305 e. The second-order valence-corrected chi connectivity index (χ2v) is 7.69. The van der Waals surface area contributed by atoms with Crippen molar-refractivity contribution in [2.75, 3.05) is 18.9 Å². The van der Waals surface area contributed by atoms with E-state index in [1.165, 1.54) is 0 Å². The van der Waals surface area contributed by atoms with Crippen LogP contribution in [-0.2, 0) is 19.6 Å². The number of esters is 1.